The van der Waals surface area contributed by atoms with Crippen LogP contribution in [0.5, 0.6) is 11.5 Å². The van der Waals surface area contributed by atoms with Crippen LogP contribution in [0.25, 0.3) is 0 Å². The van der Waals surface area contributed by atoms with Crippen molar-refractivity contribution in [2.24, 2.45) is 5.73 Å². The van der Waals surface area contributed by atoms with E-state index in [4.69, 9.17) is 31.5 Å². The van der Waals surface area contributed by atoms with Crippen LogP contribution in [0.1, 0.15) is 38.8 Å². The van der Waals surface area contributed by atoms with Gasteiger partial charge in [-0.3, -0.25) is 0 Å². The Hall–Kier alpha value is -1.66. The maximum Gasteiger partial charge on any atom is 0.408 e. The summed E-state index contributed by atoms with van der Waals surface area (Å²) in [6.07, 6.45) is 0.257. The van der Waals surface area contributed by atoms with Crippen molar-refractivity contribution in [2.45, 2.75) is 38.8 Å². The summed E-state index contributed by atoms with van der Waals surface area (Å²) in [6, 6.07) is 3.09. The lowest BCUT2D eigenvalue weighted by molar-refractivity contribution is 0.0505. The molecule has 0 aromatic heterocycles. The highest BCUT2D eigenvalue weighted by Gasteiger charge is 2.23. The van der Waals surface area contributed by atoms with E-state index in [0.29, 0.717) is 29.7 Å². The highest BCUT2D eigenvalue weighted by Crippen LogP contribution is 2.39. The predicted molar refractivity (Wildman–Crippen MR) is 88.2 cm³/mol. The molecule has 0 bridgehead atoms. The van der Waals surface area contributed by atoms with Crippen molar-refractivity contribution in [1.82, 2.24) is 5.32 Å². The fourth-order valence-corrected chi connectivity index (χ4v) is 2.45. The number of alkyl carbamates (subject to hydrolysis) is 1. The van der Waals surface area contributed by atoms with Gasteiger partial charge in [0.05, 0.1) is 24.3 Å². The van der Waals surface area contributed by atoms with Gasteiger partial charge < -0.3 is 25.3 Å². The third kappa shape index (κ3) is 4.91. The molecule has 1 unspecified atom stereocenters. The largest absolute Gasteiger partial charge is 0.489 e. The molecule has 0 saturated carbocycles. The first-order valence-electron chi connectivity index (χ1n) is 7.59. The van der Waals surface area contributed by atoms with Gasteiger partial charge in [-0.2, -0.15) is 0 Å². The number of ether oxygens (including phenoxy) is 3. The fraction of sp³-hybridized carbons (Fsp3) is 0.562. The van der Waals surface area contributed by atoms with Gasteiger partial charge in [0.2, 0.25) is 0 Å². The maximum atomic E-state index is 12.0. The van der Waals surface area contributed by atoms with Crippen LogP contribution < -0.4 is 20.5 Å². The predicted octanol–water partition coefficient (Wildman–Crippen LogP) is 3.03. The van der Waals surface area contributed by atoms with E-state index >= 15 is 0 Å². The van der Waals surface area contributed by atoms with E-state index in [-0.39, 0.29) is 6.54 Å². The molecule has 1 aromatic rings. The molecule has 6 nitrogen and oxygen atoms in total. The molecule has 0 spiro atoms. The van der Waals surface area contributed by atoms with Crippen LogP contribution in [0.2, 0.25) is 5.02 Å². The molecular formula is C16H23ClN2O4. The second-order valence-corrected chi connectivity index (χ2v) is 6.72. The number of nitrogens with two attached hydrogens (primary N) is 1. The molecule has 1 heterocycles. The molecule has 1 atom stereocenters. The summed E-state index contributed by atoms with van der Waals surface area (Å²) >= 11 is 6.27. The zero-order valence-electron chi connectivity index (χ0n) is 13.6. The van der Waals surface area contributed by atoms with Crippen LogP contribution in [0.4, 0.5) is 4.79 Å². The number of nitrogens with one attached hydrogen (secondary N) is 1. The van der Waals surface area contributed by atoms with Crippen LogP contribution in [0.3, 0.4) is 0 Å². The van der Waals surface area contributed by atoms with Crippen LogP contribution in [0.15, 0.2) is 12.1 Å². The third-order valence-corrected chi connectivity index (χ3v) is 3.43. The van der Waals surface area contributed by atoms with E-state index in [1.807, 2.05) is 0 Å². The quantitative estimate of drug-likeness (QED) is 0.882. The van der Waals surface area contributed by atoms with Gasteiger partial charge in [0.15, 0.2) is 11.5 Å². The monoisotopic (exact) mass is 342 g/mol. The van der Waals surface area contributed by atoms with E-state index in [1.165, 1.54) is 0 Å². The van der Waals surface area contributed by atoms with Crippen molar-refractivity contribution in [3.8, 4) is 11.5 Å². The number of amides is 1. The van der Waals surface area contributed by atoms with Crippen molar-refractivity contribution in [1.29, 1.82) is 0 Å². The molecule has 3 N–H and O–H groups in total. The molecule has 128 valence electrons. The highest BCUT2D eigenvalue weighted by molar-refractivity contribution is 6.32. The van der Waals surface area contributed by atoms with Gasteiger partial charge >= 0.3 is 6.09 Å². The molecular weight excluding hydrogens is 320 g/mol. The summed E-state index contributed by atoms with van der Waals surface area (Å²) in [7, 11) is 0. The lowest BCUT2D eigenvalue weighted by Crippen LogP contribution is -2.37. The van der Waals surface area contributed by atoms with Crippen LogP contribution in [-0.2, 0) is 4.74 Å². The summed E-state index contributed by atoms with van der Waals surface area (Å²) in [4.78, 5) is 12.0. The average molecular weight is 343 g/mol. The summed E-state index contributed by atoms with van der Waals surface area (Å²) < 4.78 is 16.5. The van der Waals surface area contributed by atoms with Gasteiger partial charge in [-0.15, -0.1) is 0 Å². The smallest absolute Gasteiger partial charge is 0.408 e. The van der Waals surface area contributed by atoms with Crippen LogP contribution in [0, 0.1) is 0 Å². The Morgan fingerprint density at radius 1 is 1.39 bits per heavy atom. The topological polar surface area (TPSA) is 82.8 Å². The van der Waals surface area contributed by atoms with E-state index in [2.05, 4.69) is 5.32 Å². The lowest BCUT2D eigenvalue weighted by Gasteiger charge is -2.24. The van der Waals surface area contributed by atoms with Crippen LogP contribution in [-0.4, -0.2) is 31.5 Å². The maximum absolute atomic E-state index is 12.0. The third-order valence-electron chi connectivity index (χ3n) is 3.15. The minimum absolute atomic E-state index is 0.204. The van der Waals surface area contributed by atoms with E-state index in [9.17, 15) is 4.79 Å². The van der Waals surface area contributed by atoms with Gasteiger partial charge in [-0.1, -0.05) is 11.6 Å². The summed E-state index contributed by atoms with van der Waals surface area (Å²) in [5, 5.41) is 3.18. The number of benzene rings is 1. The fourth-order valence-electron chi connectivity index (χ4n) is 2.18. The zero-order valence-corrected chi connectivity index (χ0v) is 14.4. The molecule has 1 aromatic carbocycles. The normalized spacial score (nSPS) is 15.5. The van der Waals surface area contributed by atoms with Crippen molar-refractivity contribution in [3.63, 3.8) is 0 Å². The Labute approximate surface area is 141 Å². The number of halogens is 1. The van der Waals surface area contributed by atoms with Crippen LogP contribution >= 0.6 is 11.6 Å². The molecule has 23 heavy (non-hydrogen) atoms. The SMILES string of the molecule is CC(C)(C)OC(=O)NC(CN)c1cc(Cl)c2c(c1)OCCCO2. The first-order chi connectivity index (χ1) is 10.8. The highest BCUT2D eigenvalue weighted by atomic mass is 35.5. The van der Waals surface area contributed by atoms with Crippen molar-refractivity contribution in [3.05, 3.63) is 22.7 Å². The minimum atomic E-state index is -0.578. The van der Waals surface area contributed by atoms with E-state index in [1.54, 1.807) is 32.9 Å². The molecule has 0 aliphatic carbocycles. The standard InChI is InChI=1S/C16H23ClN2O4/c1-16(2,3)23-15(20)19-12(9-18)10-7-11(17)14-13(8-10)21-5-4-6-22-14/h7-8,12H,4-6,9,18H2,1-3H3,(H,19,20). The number of hydrogen-bond acceptors (Lipinski definition) is 5. The number of carbonyl (C=O) groups is 1. The second kappa shape index (κ2) is 7.27. The molecule has 0 fully saturated rings. The van der Waals surface area contributed by atoms with E-state index < -0.39 is 17.7 Å². The second-order valence-electron chi connectivity index (χ2n) is 6.31. The van der Waals surface area contributed by atoms with Crippen molar-refractivity contribution in [2.75, 3.05) is 19.8 Å². The Bertz CT molecular complexity index is 572. The molecule has 1 aliphatic rings. The van der Waals surface area contributed by atoms with Crippen molar-refractivity contribution < 1.29 is 19.0 Å². The first-order valence-corrected chi connectivity index (χ1v) is 7.96. The Balaban J connectivity index is 2.19. The first kappa shape index (κ1) is 17.7. The number of carbonyl (C=O) groups excluding carboxylic acids is 1. The lowest BCUT2D eigenvalue weighted by atomic mass is 10.1. The van der Waals surface area contributed by atoms with Gasteiger partial charge in [0, 0.05) is 13.0 Å². The zero-order chi connectivity index (χ0) is 17.0. The number of rotatable bonds is 3. The Morgan fingerprint density at radius 2 is 2.09 bits per heavy atom. The molecule has 0 saturated heterocycles. The van der Waals surface area contributed by atoms with E-state index in [0.717, 1.165) is 12.0 Å². The van der Waals surface area contributed by atoms with Gasteiger partial charge in [-0.25, -0.2) is 4.79 Å². The van der Waals surface area contributed by atoms with Gasteiger partial charge in [0.25, 0.3) is 0 Å². The van der Waals surface area contributed by atoms with Crippen molar-refractivity contribution >= 4 is 17.7 Å². The molecule has 1 aliphatic heterocycles. The Morgan fingerprint density at radius 3 is 2.74 bits per heavy atom. The summed E-state index contributed by atoms with van der Waals surface area (Å²) in [5.41, 5.74) is 5.95. The molecule has 2 rings (SSSR count). The summed E-state index contributed by atoms with van der Waals surface area (Å²) in [5.74, 6) is 1.09. The van der Waals surface area contributed by atoms with Gasteiger partial charge in [0.1, 0.15) is 5.60 Å². The van der Waals surface area contributed by atoms with Gasteiger partial charge in [-0.05, 0) is 38.5 Å². The average Bonchev–Trinajstić information content (AvgIpc) is 2.68. The number of fused-ring (bicyclic) bond motifs is 1. The Kier molecular flexibility index (Phi) is 5.59. The molecule has 7 heteroatoms. The minimum Gasteiger partial charge on any atom is -0.489 e. The number of hydrogen-bond donors (Lipinski definition) is 2. The molecule has 1 amide bonds. The summed E-state index contributed by atoms with van der Waals surface area (Å²) in [6.45, 7) is 6.72. The molecule has 0 radical (unpaired) electrons.